The highest BCUT2D eigenvalue weighted by Crippen LogP contribution is 2.40. The zero-order valence-corrected chi connectivity index (χ0v) is 11.8. The summed E-state index contributed by atoms with van der Waals surface area (Å²) < 4.78 is 0. The van der Waals surface area contributed by atoms with E-state index in [1.54, 1.807) is 18.2 Å². The number of nitrogens with one attached hydrogen (secondary N) is 1. The van der Waals surface area contributed by atoms with E-state index in [1.807, 2.05) is 6.07 Å². The van der Waals surface area contributed by atoms with Gasteiger partial charge in [-0.25, -0.2) is 0 Å². The summed E-state index contributed by atoms with van der Waals surface area (Å²) in [5.41, 5.74) is 1.20. The van der Waals surface area contributed by atoms with Crippen molar-refractivity contribution < 1.29 is 4.92 Å². The molecule has 4 heteroatoms. The Balaban J connectivity index is 2.12. The maximum absolute atomic E-state index is 11.0. The molecule has 1 aromatic carbocycles. The summed E-state index contributed by atoms with van der Waals surface area (Å²) in [6.45, 7) is 6.82. The van der Waals surface area contributed by atoms with Crippen LogP contribution in [0, 0.1) is 21.4 Å². The summed E-state index contributed by atoms with van der Waals surface area (Å²) >= 11 is 0. The topological polar surface area (TPSA) is 55.2 Å². The Hall–Kier alpha value is -1.58. The smallest absolute Gasteiger partial charge is 0.292 e. The van der Waals surface area contributed by atoms with Gasteiger partial charge in [-0.1, -0.05) is 32.9 Å². The minimum absolute atomic E-state index is 0.166. The number of hydrogen-bond donors (Lipinski definition) is 1. The maximum Gasteiger partial charge on any atom is 0.292 e. The molecule has 1 saturated carbocycles. The molecule has 2 rings (SSSR count). The normalized spacial score (nSPS) is 25.8. The number of nitrogens with zero attached hydrogens (tertiary/aromatic N) is 1. The molecule has 1 aromatic rings. The van der Waals surface area contributed by atoms with Crippen LogP contribution in [0.5, 0.6) is 0 Å². The van der Waals surface area contributed by atoms with Crippen LogP contribution in [0.3, 0.4) is 0 Å². The Morgan fingerprint density at radius 3 is 2.68 bits per heavy atom. The molecule has 0 spiro atoms. The van der Waals surface area contributed by atoms with Gasteiger partial charge in [0.05, 0.1) is 4.92 Å². The second kappa shape index (κ2) is 5.19. The van der Waals surface area contributed by atoms with Gasteiger partial charge in [0.25, 0.3) is 5.69 Å². The van der Waals surface area contributed by atoms with Gasteiger partial charge < -0.3 is 5.32 Å². The van der Waals surface area contributed by atoms with Crippen molar-refractivity contribution in [3.8, 4) is 0 Å². The van der Waals surface area contributed by atoms with Crippen LogP contribution in [0.15, 0.2) is 24.3 Å². The van der Waals surface area contributed by atoms with Crippen molar-refractivity contribution in [1.29, 1.82) is 0 Å². The number of rotatable bonds is 3. The van der Waals surface area contributed by atoms with E-state index in [0.29, 0.717) is 23.1 Å². The molecule has 4 nitrogen and oxygen atoms in total. The molecule has 1 aliphatic rings. The first-order chi connectivity index (χ1) is 8.89. The molecular weight excluding hydrogens is 240 g/mol. The van der Waals surface area contributed by atoms with Gasteiger partial charge in [0.15, 0.2) is 0 Å². The average molecular weight is 262 g/mol. The van der Waals surface area contributed by atoms with Crippen molar-refractivity contribution in [2.24, 2.45) is 11.3 Å². The second-order valence-corrected chi connectivity index (χ2v) is 6.41. The van der Waals surface area contributed by atoms with E-state index >= 15 is 0 Å². The number of anilines is 1. The molecule has 2 atom stereocenters. The Labute approximate surface area is 114 Å². The summed E-state index contributed by atoms with van der Waals surface area (Å²) in [5, 5.41) is 14.4. The lowest BCUT2D eigenvalue weighted by atomic mass is 9.70. The van der Waals surface area contributed by atoms with Crippen LogP contribution in [-0.4, -0.2) is 11.0 Å². The first-order valence-electron chi connectivity index (χ1n) is 6.89. The van der Waals surface area contributed by atoms with Crippen molar-refractivity contribution in [2.45, 2.75) is 46.1 Å². The van der Waals surface area contributed by atoms with Gasteiger partial charge >= 0.3 is 0 Å². The summed E-state index contributed by atoms with van der Waals surface area (Å²) in [4.78, 5) is 10.7. The lowest BCUT2D eigenvalue weighted by Crippen LogP contribution is -2.37. The zero-order valence-electron chi connectivity index (χ0n) is 11.8. The van der Waals surface area contributed by atoms with Crippen LogP contribution >= 0.6 is 0 Å². The fourth-order valence-corrected chi connectivity index (χ4v) is 3.12. The van der Waals surface area contributed by atoms with Gasteiger partial charge in [-0.3, -0.25) is 10.1 Å². The predicted octanol–water partition coefficient (Wildman–Crippen LogP) is 4.22. The Kier molecular flexibility index (Phi) is 3.78. The molecule has 0 heterocycles. The van der Waals surface area contributed by atoms with Crippen molar-refractivity contribution >= 4 is 11.4 Å². The van der Waals surface area contributed by atoms with E-state index in [9.17, 15) is 10.1 Å². The van der Waals surface area contributed by atoms with E-state index < -0.39 is 0 Å². The highest BCUT2D eigenvalue weighted by Gasteiger charge is 2.32. The molecule has 0 radical (unpaired) electrons. The molecule has 0 saturated heterocycles. The number of para-hydroxylation sites is 2. The molecule has 1 fully saturated rings. The Morgan fingerprint density at radius 1 is 1.37 bits per heavy atom. The monoisotopic (exact) mass is 262 g/mol. The molecular formula is C15H22N2O2. The van der Waals surface area contributed by atoms with Crippen LogP contribution < -0.4 is 5.32 Å². The fraction of sp³-hybridized carbons (Fsp3) is 0.600. The van der Waals surface area contributed by atoms with E-state index in [2.05, 4.69) is 26.1 Å². The van der Waals surface area contributed by atoms with Crippen molar-refractivity contribution in [2.75, 3.05) is 5.32 Å². The zero-order chi connectivity index (χ0) is 14.0. The lowest BCUT2D eigenvalue weighted by Gasteiger charge is -2.39. The second-order valence-electron chi connectivity index (χ2n) is 6.41. The first kappa shape index (κ1) is 13.8. The quantitative estimate of drug-likeness (QED) is 0.655. The van der Waals surface area contributed by atoms with Crippen molar-refractivity contribution in [1.82, 2.24) is 0 Å². The molecule has 19 heavy (non-hydrogen) atoms. The first-order valence-corrected chi connectivity index (χ1v) is 6.89. The number of nitro groups is 1. The largest absolute Gasteiger partial charge is 0.376 e. The third-order valence-electron chi connectivity index (χ3n) is 4.14. The van der Waals surface area contributed by atoms with E-state index in [1.165, 1.54) is 0 Å². The highest BCUT2D eigenvalue weighted by molar-refractivity contribution is 5.61. The van der Waals surface area contributed by atoms with Crippen molar-refractivity contribution in [3.05, 3.63) is 34.4 Å². The molecule has 2 unspecified atom stereocenters. The minimum atomic E-state index is -0.320. The van der Waals surface area contributed by atoms with Gasteiger partial charge in [0.1, 0.15) is 5.69 Å². The number of hydrogen-bond acceptors (Lipinski definition) is 3. The molecule has 0 aromatic heterocycles. The fourth-order valence-electron chi connectivity index (χ4n) is 3.12. The summed E-state index contributed by atoms with van der Waals surface area (Å²) in [6, 6.07) is 7.22. The van der Waals surface area contributed by atoms with Gasteiger partial charge in [0.2, 0.25) is 0 Å². The molecule has 0 aliphatic heterocycles. The van der Waals surface area contributed by atoms with Crippen LogP contribution in [0.2, 0.25) is 0 Å². The van der Waals surface area contributed by atoms with Gasteiger partial charge in [-0.05, 0) is 36.7 Å². The predicted molar refractivity (Wildman–Crippen MR) is 77.3 cm³/mol. The standard InChI is InChI=1S/C15H22N2O2/c1-11-10-15(2,3)9-8-12(11)16-13-6-4-5-7-14(13)17(18)19/h4-7,11-12,16H,8-10H2,1-3H3. The van der Waals surface area contributed by atoms with Gasteiger partial charge in [0, 0.05) is 12.1 Å². The van der Waals surface area contributed by atoms with Crippen LogP contribution in [-0.2, 0) is 0 Å². The molecule has 1 aliphatic carbocycles. The molecule has 0 amide bonds. The van der Waals surface area contributed by atoms with E-state index in [4.69, 9.17) is 0 Å². The maximum atomic E-state index is 11.0. The Bertz CT molecular complexity index is 471. The average Bonchev–Trinajstić information content (AvgIpc) is 2.32. The number of nitro benzene ring substituents is 1. The van der Waals surface area contributed by atoms with E-state index in [0.717, 1.165) is 19.3 Å². The van der Waals surface area contributed by atoms with E-state index in [-0.39, 0.29) is 10.6 Å². The third-order valence-corrected chi connectivity index (χ3v) is 4.14. The molecule has 1 N–H and O–H groups in total. The third kappa shape index (κ3) is 3.25. The van der Waals surface area contributed by atoms with Crippen LogP contribution in [0.1, 0.15) is 40.0 Å². The lowest BCUT2D eigenvalue weighted by molar-refractivity contribution is -0.384. The van der Waals surface area contributed by atoms with Crippen LogP contribution in [0.4, 0.5) is 11.4 Å². The SMILES string of the molecule is CC1CC(C)(C)CCC1Nc1ccccc1[N+](=O)[O-]. The van der Waals surface area contributed by atoms with Crippen molar-refractivity contribution in [3.63, 3.8) is 0 Å². The highest BCUT2D eigenvalue weighted by atomic mass is 16.6. The molecule has 0 bridgehead atoms. The summed E-state index contributed by atoms with van der Waals surface area (Å²) in [5.74, 6) is 0.531. The Morgan fingerprint density at radius 2 is 2.05 bits per heavy atom. The molecule has 104 valence electrons. The number of benzene rings is 1. The van der Waals surface area contributed by atoms with Crippen LogP contribution in [0.25, 0.3) is 0 Å². The van der Waals surface area contributed by atoms with Gasteiger partial charge in [-0.2, -0.15) is 0 Å². The minimum Gasteiger partial charge on any atom is -0.376 e. The summed E-state index contributed by atoms with van der Waals surface area (Å²) in [7, 11) is 0. The van der Waals surface area contributed by atoms with Gasteiger partial charge in [-0.15, -0.1) is 0 Å². The summed E-state index contributed by atoms with van der Waals surface area (Å²) in [6.07, 6.45) is 3.39.